The van der Waals surface area contributed by atoms with Crippen LogP contribution < -0.4 is 10.1 Å². The first-order chi connectivity index (χ1) is 13.7. The molecule has 4 rings (SSSR count). The summed E-state index contributed by atoms with van der Waals surface area (Å²) in [4.78, 5) is 4.18. The number of ether oxygens (including phenoxy) is 1. The molecule has 1 N–H and O–H groups in total. The molecule has 140 valence electrons. The van der Waals surface area contributed by atoms with E-state index >= 15 is 0 Å². The minimum absolute atomic E-state index is 0.144. The van der Waals surface area contributed by atoms with E-state index in [4.69, 9.17) is 18.0 Å². The van der Waals surface area contributed by atoms with E-state index < -0.39 is 0 Å². The van der Waals surface area contributed by atoms with Gasteiger partial charge in [0.2, 0.25) is 11.6 Å². The van der Waals surface area contributed by atoms with Crippen LogP contribution in [0.25, 0.3) is 11.7 Å². The molecular weight excluding hydrogens is 426 g/mol. The van der Waals surface area contributed by atoms with Crippen molar-refractivity contribution < 1.29 is 18.0 Å². The van der Waals surface area contributed by atoms with Gasteiger partial charge in [-0.05, 0) is 48.5 Å². The molecule has 0 aliphatic carbocycles. The SMILES string of the molecule is N#Cc1nc(-c2ccc(COc3ccc(Br)cc3)o2)oc1NCc1ccco1. The van der Waals surface area contributed by atoms with Gasteiger partial charge in [0.25, 0.3) is 5.89 Å². The summed E-state index contributed by atoms with van der Waals surface area (Å²) in [6.45, 7) is 0.637. The van der Waals surface area contributed by atoms with E-state index in [1.54, 1.807) is 24.5 Å². The molecule has 0 saturated carbocycles. The van der Waals surface area contributed by atoms with E-state index in [9.17, 15) is 5.26 Å². The van der Waals surface area contributed by atoms with Gasteiger partial charge >= 0.3 is 0 Å². The molecule has 8 heteroatoms. The van der Waals surface area contributed by atoms with Crippen LogP contribution >= 0.6 is 15.9 Å². The Morgan fingerprint density at radius 2 is 1.93 bits per heavy atom. The number of furan rings is 2. The highest BCUT2D eigenvalue weighted by Crippen LogP contribution is 2.28. The number of benzene rings is 1. The lowest BCUT2D eigenvalue weighted by Gasteiger charge is -2.03. The van der Waals surface area contributed by atoms with Gasteiger partial charge in [-0.1, -0.05) is 15.9 Å². The average Bonchev–Trinajstić information content (AvgIpc) is 3.45. The second kappa shape index (κ2) is 8.06. The summed E-state index contributed by atoms with van der Waals surface area (Å²) in [5.41, 5.74) is 0.144. The summed E-state index contributed by atoms with van der Waals surface area (Å²) in [7, 11) is 0. The number of halogens is 1. The van der Waals surface area contributed by atoms with Crippen LogP contribution in [0.5, 0.6) is 5.75 Å². The lowest BCUT2D eigenvalue weighted by molar-refractivity contribution is 0.271. The first-order valence-electron chi connectivity index (χ1n) is 8.36. The van der Waals surface area contributed by atoms with E-state index in [0.717, 1.165) is 10.2 Å². The van der Waals surface area contributed by atoms with Crippen LogP contribution in [0.1, 0.15) is 17.2 Å². The van der Waals surface area contributed by atoms with Gasteiger partial charge in [-0.2, -0.15) is 10.2 Å². The minimum atomic E-state index is 0.144. The van der Waals surface area contributed by atoms with E-state index in [2.05, 4.69) is 26.2 Å². The van der Waals surface area contributed by atoms with Gasteiger partial charge in [-0.15, -0.1) is 0 Å². The summed E-state index contributed by atoms with van der Waals surface area (Å²) < 4.78 is 23.3. The predicted molar refractivity (Wildman–Crippen MR) is 103 cm³/mol. The smallest absolute Gasteiger partial charge is 0.266 e. The third-order valence-corrected chi connectivity index (χ3v) is 4.33. The summed E-state index contributed by atoms with van der Waals surface area (Å²) in [5.74, 6) is 2.95. The Bertz CT molecular complexity index is 1090. The maximum absolute atomic E-state index is 9.28. The molecule has 3 aromatic heterocycles. The van der Waals surface area contributed by atoms with E-state index in [0.29, 0.717) is 23.8 Å². The zero-order valence-corrected chi connectivity index (χ0v) is 16.1. The molecule has 28 heavy (non-hydrogen) atoms. The highest BCUT2D eigenvalue weighted by molar-refractivity contribution is 9.10. The summed E-state index contributed by atoms with van der Waals surface area (Å²) >= 11 is 3.38. The second-order valence-electron chi connectivity index (χ2n) is 5.75. The lowest BCUT2D eigenvalue weighted by Crippen LogP contribution is -1.98. The third-order valence-electron chi connectivity index (χ3n) is 3.80. The van der Waals surface area contributed by atoms with Gasteiger partial charge in [0.05, 0.1) is 12.8 Å². The number of oxazole rings is 1. The molecule has 3 heterocycles. The minimum Gasteiger partial charge on any atom is -0.486 e. The number of anilines is 1. The van der Waals surface area contributed by atoms with Gasteiger partial charge in [0, 0.05) is 4.47 Å². The molecule has 0 saturated heterocycles. The van der Waals surface area contributed by atoms with E-state index in [1.807, 2.05) is 36.4 Å². The average molecular weight is 440 g/mol. The number of nitrogens with one attached hydrogen (secondary N) is 1. The molecule has 0 aliphatic heterocycles. The maximum atomic E-state index is 9.28. The molecular formula is C20H14BrN3O4. The quantitative estimate of drug-likeness (QED) is 0.414. The lowest BCUT2D eigenvalue weighted by atomic mass is 10.3. The van der Waals surface area contributed by atoms with Gasteiger partial charge in [-0.25, -0.2) is 0 Å². The van der Waals surface area contributed by atoms with Crippen molar-refractivity contribution in [1.29, 1.82) is 5.26 Å². The molecule has 0 spiro atoms. The van der Waals surface area contributed by atoms with Crippen LogP contribution in [-0.4, -0.2) is 4.98 Å². The molecule has 4 aromatic rings. The van der Waals surface area contributed by atoms with Crippen molar-refractivity contribution in [2.24, 2.45) is 0 Å². The van der Waals surface area contributed by atoms with Gasteiger partial charge in [-0.3, -0.25) is 0 Å². The summed E-state index contributed by atoms with van der Waals surface area (Å²) in [5, 5.41) is 12.3. The van der Waals surface area contributed by atoms with Crippen LogP contribution in [0.2, 0.25) is 0 Å². The van der Waals surface area contributed by atoms with Crippen LogP contribution in [0.15, 0.2) is 72.5 Å². The van der Waals surface area contributed by atoms with E-state index in [-0.39, 0.29) is 24.1 Å². The fourth-order valence-electron chi connectivity index (χ4n) is 2.46. The molecule has 0 aliphatic rings. The van der Waals surface area contributed by atoms with Crippen molar-refractivity contribution in [3.8, 4) is 23.5 Å². The molecule has 0 fully saturated rings. The van der Waals surface area contributed by atoms with Crippen molar-refractivity contribution in [2.75, 3.05) is 5.32 Å². The Kier molecular flexibility index (Phi) is 5.17. The Hall–Kier alpha value is -3.44. The number of nitriles is 1. The largest absolute Gasteiger partial charge is 0.486 e. The third kappa shape index (κ3) is 4.10. The van der Waals surface area contributed by atoms with Crippen LogP contribution in [-0.2, 0) is 13.2 Å². The van der Waals surface area contributed by atoms with Crippen molar-refractivity contribution in [3.05, 3.63) is 76.5 Å². The van der Waals surface area contributed by atoms with Gasteiger partial charge in [0.15, 0.2) is 5.76 Å². The van der Waals surface area contributed by atoms with Gasteiger partial charge in [0.1, 0.15) is 29.9 Å². The Balaban J connectivity index is 1.44. The first kappa shape index (κ1) is 17.9. The highest BCUT2D eigenvalue weighted by Gasteiger charge is 2.17. The van der Waals surface area contributed by atoms with Crippen LogP contribution in [0.4, 0.5) is 5.88 Å². The molecule has 0 radical (unpaired) electrons. The summed E-state index contributed by atoms with van der Waals surface area (Å²) in [6.07, 6.45) is 1.58. The number of aromatic nitrogens is 1. The zero-order valence-electron chi connectivity index (χ0n) is 14.5. The Morgan fingerprint density at radius 3 is 2.68 bits per heavy atom. The normalized spacial score (nSPS) is 10.6. The van der Waals surface area contributed by atoms with E-state index in [1.165, 1.54) is 0 Å². The molecule has 0 amide bonds. The Morgan fingerprint density at radius 1 is 1.07 bits per heavy atom. The fourth-order valence-corrected chi connectivity index (χ4v) is 2.72. The van der Waals surface area contributed by atoms with Crippen molar-refractivity contribution in [3.63, 3.8) is 0 Å². The number of hydrogen-bond acceptors (Lipinski definition) is 7. The monoisotopic (exact) mass is 439 g/mol. The number of nitrogens with zero attached hydrogens (tertiary/aromatic N) is 2. The number of hydrogen-bond donors (Lipinski definition) is 1. The van der Waals surface area contributed by atoms with Crippen LogP contribution in [0.3, 0.4) is 0 Å². The molecule has 1 aromatic carbocycles. The fraction of sp³-hybridized carbons (Fsp3) is 0.100. The number of rotatable bonds is 7. The zero-order chi connectivity index (χ0) is 19.3. The van der Waals surface area contributed by atoms with Gasteiger partial charge < -0.3 is 23.3 Å². The second-order valence-corrected chi connectivity index (χ2v) is 6.67. The predicted octanol–water partition coefficient (Wildman–Crippen LogP) is 5.35. The molecule has 0 bridgehead atoms. The maximum Gasteiger partial charge on any atom is 0.266 e. The highest BCUT2D eigenvalue weighted by atomic mass is 79.9. The Labute approximate surface area is 168 Å². The first-order valence-corrected chi connectivity index (χ1v) is 9.15. The van der Waals surface area contributed by atoms with Crippen molar-refractivity contribution >= 4 is 21.8 Å². The standard InChI is InChI=1S/C20H14BrN3O4/c21-13-3-5-14(6-4-13)26-12-16-7-8-18(27-16)20-24-17(10-22)19(28-20)23-11-15-2-1-9-25-15/h1-9,23H,11-12H2. The van der Waals surface area contributed by atoms with Crippen molar-refractivity contribution in [1.82, 2.24) is 4.98 Å². The van der Waals surface area contributed by atoms with Crippen molar-refractivity contribution in [2.45, 2.75) is 13.2 Å². The summed E-state index contributed by atoms with van der Waals surface area (Å²) in [6, 6.07) is 16.6. The molecule has 0 unspecified atom stereocenters. The van der Waals surface area contributed by atoms with Crippen LogP contribution in [0, 0.1) is 11.3 Å². The molecule has 0 atom stereocenters. The molecule has 7 nitrogen and oxygen atoms in total. The topological polar surface area (TPSA) is 97.4 Å².